The average molecular weight is 494 g/mol. The summed E-state index contributed by atoms with van der Waals surface area (Å²) in [4.78, 5) is 12.4. The molecule has 0 fully saturated rings. The van der Waals surface area contributed by atoms with Crippen molar-refractivity contribution >= 4 is 34.1 Å². The molecule has 0 atom stereocenters. The summed E-state index contributed by atoms with van der Waals surface area (Å²) < 4.78 is 2.06. The number of hydrogen-bond donors (Lipinski definition) is 2. The van der Waals surface area contributed by atoms with Crippen LogP contribution in [0.5, 0.6) is 0 Å². The predicted octanol–water partition coefficient (Wildman–Crippen LogP) is 5.83. The minimum absolute atomic E-state index is 0.0231. The molecule has 0 unspecified atom stereocenters. The second kappa shape index (κ2) is 11.6. The van der Waals surface area contributed by atoms with Crippen molar-refractivity contribution in [3.8, 4) is 5.69 Å². The zero-order chi connectivity index (χ0) is 24.6. The summed E-state index contributed by atoms with van der Waals surface area (Å²) in [6.45, 7) is 1.06. The number of benzene rings is 4. The van der Waals surface area contributed by atoms with Gasteiger partial charge in [-0.15, -0.1) is 10.2 Å². The van der Waals surface area contributed by atoms with Crippen molar-refractivity contribution in [1.82, 2.24) is 20.1 Å². The molecule has 0 saturated carbocycles. The van der Waals surface area contributed by atoms with Gasteiger partial charge in [-0.25, -0.2) is 0 Å². The molecule has 0 spiro atoms. The van der Waals surface area contributed by atoms with Gasteiger partial charge >= 0.3 is 0 Å². The number of anilines is 1. The molecule has 1 heterocycles. The standard InChI is InChI=1S/C29H27N5OS/c35-28(31-20-22-10-3-1-4-11-22)18-19-36-29-33-32-27(34(29)24-14-5-2-6-15-24)21-30-26-17-9-13-23-12-7-8-16-25(23)26/h1-17,30H,18-21H2,(H,31,35). The molecule has 0 aliphatic rings. The highest BCUT2D eigenvalue weighted by Crippen LogP contribution is 2.26. The Kier molecular flexibility index (Phi) is 7.58. The first-order valence-electron chi connectivity index (χ1n) is 11.9. The fourth-order valence-corrected chi connectivity index (χ4v) is 4.93. The number of nitrogens with zero attached hydrogens (tertiary/aromatic N) is 3. The van der Waals surface area contributed by atoms with Crippen LogP contribution in [0, 0.1) is 0 Å². The van der Waals surface area contributed by atoms with Crippen molar-refractivity contribution in [2.24, 2.45) is 0 Å². The lowest BCUT2D eigenvalue weighted by molar-refractivity contribution is -0.120. The number of amides is 1. The van der Waals surface area contributed by atoms with Gasteiger partial charge in [0.15, 0.2) is 11.0 Å². The summed E-state index contributed by atoms with van der Waals surface area (Å²) in [7, 11) is 0. The fourth-order valence-electron chi connectivity index (χ4n) is 4.02. The maximum absolute atomic E-state index is 12.4. The van der Waals surface area contributed by atoms with Gasteiger partial charge in [0.05, 0.1) is 6.54 Å². The van der Waals surface area contributed by atoms with E-state index in [1.807, 2.05) is 72.8 Å². The summed E-state index contributed by atoms with van der Waals surface area (Å²) in [5.41, 5.74) is 3.14. The summed E-state index contributed by atoms with van der Waals surface area (Å²) in [6, 6.07) is 34.6. The minimum Gasteiger partial charge on any atom is -0.377 e. The van der Waals surface area contributed by atoms with Crippen molar-refractivity contribution in [2.75, 3.05) is 11.1 Å². The Hall–Kier alpha value is -4.10. The molecule has 7 heteroatoms. The lowest BCUT2D eigenvalue weighted by atomic mass is 10.1. The van der Waals surface area contributed by atoms with Gasteiger partial charge in [0.25, 0.3) is 0 Å². The Morgan fingerprint density at radius 2 is 1.50 bits per heavy atom. The number of rotatable bonds is 10. The quantitative estimate of drug-likeness (QED) is 0.240. The van der Waals surface area contributed by atoms with Gasteiger partial charge in [-0.3, -0.25) is 9.36 Å². The highest BCUT2D eigenvalue weighted by atomic mass is 32.2. The van der Waals surface area contributed by atoms with Crippen LogP contribution in [-0.4, -0.2) is 26.4 Å². The number of hydrogen-bond acceptors (Lipinski definition) is 5. The number of para-hydroxylation sites is 1. The molecule has 5 rings (SSSR count). The third-order valence-corrected chi connectivity index (χ3v) is 6.76. The van der Waals surface area contributed by atoms with E-state index in [1.165, 1.54) is 22.5 Å². The van der Waals surface area contributed by atoms with E-state index >= 15 is 0 Å². The zero-order valence-electron chi connectivity index (χ0n) is 19.8. The SMILES string of the molecule is O=C(CCSc1nnc(CNc2cccc3ccccc23)n1-c1ccccc1)NCc1ccccc1. The second-order valence-corrected chi connectivity index (χ2v) is 9.37. The molecule has 36 heavy (non-hydrogen) atoms. The van der Waals surface area contributed by atoms with Crippen LogP contribution in [0.4, 0.5) is 5.69 Å². The molecule has 2 N–H and O–H groups in total. The van der Waals surface area contributed by atoms with E-state index in [1.54, 1.807) is 0 Å². The van der Waals surface area contributed by atoms with Gasteiger partial charge in [0, 0.05) is 35.5 Å². The van der Waals surface area contributed by atoms with Crippen molar-refractivity contribution in [3.63, 3.8) is 0 Å². The Morgan fingerprint density at radius 1 is 0.778 bits per heavy atom. The normalized spacial score (nSPS) is 10.9. The molecular formula is C29H27N5OS. The number of fused-ring (bicyclic) bond motifs is 1. The van der Waals surface area contributed by atoms with E-state index in [0.29, 0.717) is 25.3 Å². The average Bonchev–Trinajstić information content (AvgIpc) is 3.34. The van der Waals surface area contributed by atoms with Gasteiger partial charge in [-0.2, -0.15) is 0 Å². The van der Waals surface area contributed by atoms with Gasteiger partial charge in [0.1, 0.15) is 0 Å². The van der Waals surface area contributed by atoms with E-state index < -0.39 is 0 Å². The molecule has 0 bridgehead atoms. The van der Waals surface area contributed by atoms with Crippen LogP contribution in [0.25, 0.3) is 16.5 Å². The molecule has 6 nitrogen and oxygen atoms in total. The molecule has 1 aromatic heterocycles. The van der Waals surface area contributed by atoms with E-state index in [-0.39, 0.29) is 5.91 Å². The number of thioether (sulfide) groups is 1. The second-order valence-electron chi connectivity index (χ2n) is 8.31. The maximum atomic E-state index is 12.4. The molecule has 0 radical (unpaired) electrons. The molecule has 180 valence electrons. The highest BCUT2D eigenvalue weighted by molar-refractivity contribution is 7.99. The van der Waals surface area contributed by atoms with Gasteiger partial charge in [0.2, 0.25) is 5.91 Å². The molecule has 1 amide bonds. The Bertz CT molecular complexity index is 1430. The van der Waals surface area contributed by atoms with E-state index in [4.69, 9.17) is 0 Å². The first-order valence-corrected chi connectivity index (χ1v) is 12.9. The van der Waals surface area contributed by atoms with Gasteiger partial charge < -0.3 is 10.6 Å². The van der Waals surface area contributed by atoms with Crippen LogP contribution in [0.2, 0.25) is 0 Å². The van der Waals surface area contributed by atoms with Crippen LogP contribution in [0.15, 0.2) is 108 Å². The number of aromatic nitrogens is 3. The van der Waals surface area contributed by atoms with Crippen LogP contribution in [0.1, 0.15) is 17.8 Å². The van der Waals surface area contributed by atoms with Crippen molar-refractivity contribution in [1.29, 1.82) is 0 Å². The van der Waals surface area contributed by atoms with Crippen LogP contribution >= 0.6 is 11.8 Å². The van der Waals surface area contributed by atoms with Gasteiger partial charge in [-0.05, 0) is 29.1 Å². The third kappa shape index (κ3) is 5.75. The lowest BCUT2D eigenvalue weighted by Gasteiger charge is -2.13. The zero-order valence-corrected chi connectivity index (χ0v) is 20.6. The third-order valence-electron chi connectivity index (χ3n) is 5.83. The predicted molar refractivity (Wildman–Crippen MR) is 146 cm³/mol. The molecule has 0 aliphatic heterocycles. The molecular weight excluding hydrogens is 466 g/mol. The van der Waals surface area contributed by atoms with E-state index in [2.05, 4.69) is 55.7 Å². The largest absolute Gasteiger partial charge is 0.377 e. The van der Waals surface area contributed by atoms with Crippen LogP contribution in [0.3, 0.4) is 0 Å². The van der Waals surface area contributed by atoms with Crippen molar-refractivity contribution in [2.45, 2.75) is 24.7 Å². The topological polar surface area (TPSA) is 71.8 Å². The van der Waals surface area contributed by atoms with Crippen LogP contribution < -0.4 is 10.6 Å². The highest BCUT2D eigenvalue weighted by Gasteiger charge is 2.15. The van der Waals surface area contributed by atoms with Gasteiger partial charge in [-0.1, -0.05) is 96.7 Å². The first-order chi connectivity index (χ1) is 17.8. The monoisotopic (exact) mass is 493 g/mol. The number of nitrogens with one attached hydrogen (secondary N) is 2. The Morgan fingerprint density at radius 3 is 2.33 bits per heavy atom. The summed E-state index contributed by atoms with van der Waals surface area (Å²) in [5.74, 6) is 1.45. The Balaban J connectivity index is 1.26. The van der Waals surface area contributed by atoms with Crippen molar-refractivity contribution < 1.29 is 4.79 Å². The van der Waals surface area contributed by atoms with E-state index in [0.717, 1.165) is 27.9 Å². The first kappa shape index (κ1) is 23.6. The number of carbonyl (C=O) groups excluding carboxylic acids is 1. The Labute approximate surface area is 214 Å². The summed E-state index contributed by atoms with van der Waals surface area (Å²) in [6.07, 6.45) is 0.405. The molecule has 5 aromatic rings. The van der Waals surface area contributed by atoms with Crippen molar-refractivity contribution in [3.05, 3.63) is 115 Å². The minimum atomic E-state index is 0.0231. The van der Waals surface area contributed by atoms with Crippen LogP contribution in [-0.2, 0) is 17.9 Å². The van der Waals surface area contributed by atoms with E-state index in [9.17, 15) is 4.79 Å². The fraction of sp³-hybridized carbons (Fsp3) is 0.138. The smallest absolute Gasteiger partial charge is 0.221 e. The summed E-state index contributed by atoms with van der Waals surface area (Å²) >= 11 is 1.54. The summed E-state index contributed by atoms with van der Waals surface area (Å²) in [5, 5.41) is 18.6. The molecule has 0 aliphatic carbocycles. The number of carbonyl (C=O) groups is 1. The lowest BCUT2D eigenvalue weighted by Crippen LogP contribution is -2.23. The molecule has 4 aromatic carbocycles. The molecule has 0 saturated heterocycles. The maximum Gasteiger partial charge on any atom is 0.221 e.